The summed E-state index contributed by atoms with van der Waals surface area (Å²) in [7, 11) is 0. The Morgan fingerprint density at radius 1 is 1.26 bits per heavy atom. The molecule has 1 amide bonds. The van der Waals surface area contributed by atoms with Crippen molar-refractivity contribution in [3.63, 3.8) is 0 Å². The first-order chi connectivity index (χ1) is 11.1. The van der Waals surface area contributed by atoms with E-state index in [-0.39, 0.29) is 17.6 Å². The van der Waals surface area contributed by atoms with E-state index in [0.29, 0.717) is 18.4 Å². The van der Waals surface area contributed by atoms with Gasteiger partial charge in [0, 0.05) is 31.6 Å². The zero-order chi connectivity index (χ0) is 16.3. The summed E-state index contributed by atoms with van der Waals surface area (Å²) >= 11 is 0. The van der Waals surface area contributed by atoms with Crippen LogP contribution in [-0.2, 0) is 19.0 Å². The van der Waals surface area contributed by atoms with Crippen LogP contribution in [0.25, 0.3) is 0 Å². The van der Waals surface area contributed by atoms with E-state index in [0.717, 1.165) is 58.6 Å². The summed E-state index contributed by atoms with van der Waals surface area (Å²) in [5, 5.41) is 0. The lowest BCUT2D eigenvalue weighted by Gasteiger charge is -2.45. The fraction of sp³-hybridized carbons (Fsp3) is 0.944. The lowest BCUT2D eigenvalue weighted by atomic mass is 9.88. The molecule has 0 N–H and O–H groups in total. The van der Waals surface area contributed by atoms with Gasteiger partial charge in [0.15, 0.2) is 0 Å². The molecule has 5 nitrogen and oxygen atoms in total. The van der Waals surface area contributed by atoms with Crippen molar-refractivity contribution in [1.29, 1.82) is 0 Å². The van der Waals surface area contributed by atoms with Crippen molar-refractivity contribution in [3.8, 4) is 0 Å². The molecule has 3 fully saturated rings. The van der Waals surface area contributed by atoms with Crippen molar-refractivity contribution in [2.75, 3.05) is 39.5 Å². The van der Waals surface area contributed by atoms with Crippen LogP contribution in [0.15, 0.2) is 0 Å². The van der Waals surface area contributed by atoms with Gasteiger partial charge in [0.1, 0.15) is 0 Å². The van der Waals surface area contributed by atoms with Gasteiger partial charge in [-0.2, -0.15) is 0 Å². The fourth-order valence-corrected chi connectivity index (χ4v) is 4.25. The molecule has 0 aromatic carbocycles. The summed E-state index contributed by atoms with van der Waals surface area (Å²) < 4.78 is 17.5. The van der Waals surface area contributed by atoms with Crippen LogP contribution >= 0.6 is 0 Å². The standard InChI is InChI=1S/C18H31NO4/c1-14(2)22-12-16-4-3-7-18(16)13-19(8-11-23-18)17(20)15-5-9-21-10-6-15/h14-16H,3-13H2,1-2H3/t16-,18+/m0/s1. The van der Waals surface area contributed by atoms with Crippen molar-refractivity contribution < 1.29 is 19.0 Å². The Morgan fingerprint density at radius 2 is 2.04 bits per heavy atom. The molecule has 0 unspecified atom stereocenters. The number of ether oxygens (including phenoxy) is 3. The Bertz CT molecular complexity index is 408. The highest BCUT2D eigenvalue weighted by Gasteiger charge is 2.48. The number of morpholine rings is 1. The number of hydrogen-bond donors (Lipinski definition) is 0. The van der Waals surface area contributed by atoms with Crippen molar-refractivity contribution in [3.05, 3.63) is 0 Å². The predicted molar refractivity (Wildman–Crippen MR) is 87.2 cm³/mol. The normalized spacial score (nSPS) is 32.8. The molecule has 2 aliphatic heterocycles. The van der Waals surface area contributed by atoms with Crippen LogP contribution in [0.3, 0.4) is 0 Å². The molecular weight excluding hydrogens is 294 g/mol. The highest BCUT2D eigenvalue weighted by atomic mass is 16.5. The predicted octanol–water partition coefficient (Wildman–Crippen LogP) is 2.24. The molecule has 1 spiro atoms. The topological polar surface area (TPSA) is 48.0 Å². The summed E-state index contributed by atoms with van der Waals surface area (Å²) in [5.74, 6) is 0.868. The molecular formula is C18H31NO4. The Balaban J connectivity index is 1.63. The molecule has 0 radical (unpaired) electrons. The van der Waals surface area contributed by atoms with E-state index in [9.17, 15) is 4.79 Å². The van der Waals surface area contributed by atoms with Gasteiger partial charge in [0.2, 0.25) is 5.91 Å². The Kier molecular flexibility index (Phi) is 5.60. The maximum absolute atomic E-state index is 12.8. The van der Waals surface area contributed by atoms with Gasteiger partial charge in [0.25, 0.3) is 0 Å². The van der Waals surface area contributed by atoms with Crippen molar-refractivity contribution in [2.24, 2.45) is 11.8 Å². The van der Waals surface area contributed by atoms with Crippen LogP contribution in [0.5, 0.6) is 0 Å². The number of amides is 1. The largest absolute Gasteiger partial charge is 0.381 e. The summed E-state index contributed by atoms with van der Waals surface area (Å²) in [6.07, 6.45) is 5.34. The first-order valence-electron chi connectivity index (χ1n) is 9.23. The summed E-state index contributed by atoms with van der Waals surface area (Å²) in [6.45, 7) is 8.47. The van der Waals surface area contributed by atoms with Crippen LogP contribution < -0.4 is 0 Å². The monoisotopic (exact) mass is 325 g/mol. The smallest absolute Gasteiger partial charge is 0.226 e. The van der Waals surface area contributed by atoms with Crippen LogP contribution in [0.4, 0.5) is 0 Å². The van der Waals surface area contributed by atoms with Crippen LogP contribution in [0.2, 0.25) is 0 Å². The molecule has 0 bridgehead atoms. The minimum Gasteiger partial charge on any atom is -0.381 e. The molecule has 2 saturated heterocycles. The Hall–Kier alpha value is -0.650. The van der Waals surface area contributed by atoms with Gasteiger partial charge in [-0.1, -0.05) is 6.42 Å². The second-order valence-corrected chi connectivity index (χ2v) is 7.53. The molecule has 2 heterocycles. The molecule has 23 heavy (non-hydrogen) atoms. The number of rotatable bonds is 4. The number of carbonyl (C=O) groups is 1. The molecule has 132 valence electrons. The number of hydrogen-bond acceptors (Lipinski definition) is 4. The summed E-state index contributed by atoms with van der Waals surface area (Å²) in [4.78, 5) is 14.9. The van der Waals surface area contributed by atoms with Crippen molar-refractivity contribution in [1.82, 2.24) is 4.90 Å². The lowest BCUT2D eigenvalue weighted by Crippen LogP contribution is -2.57. The average molecular weight is 325 g/mol. The van der Waals surface area contributed by atoms with Gasteiger partial charge in [-0.3, -0.25) is 4.79 Å². The van der Waals surface area contributed by atoms with Gasteiger partial charge in [-0.05, 0) is 39.5 Å². The number of carbonyl (C=O) groups excluding carboxylic acids is 1. The first kappa shape index (κ1) is 17.2. The average Bonchev–Trinajstić information content (AvgIpc) is 2.95. The maximum Gasteiger partial charge on any atom is 0.226 e. The van der Waals surface area contributed by atoms with E-state index in [1.807, 2.05) is 0 Å². The van der Waals surface area contributed by atoms with E-state index in [1.165, 1.54) is 6.42 Å². The molecule has 0 aromatic heterocycles. The minimum absolute atomic E-state index is 0.144. The fourth-order valence-electron chi connectivity index (χ4n) is 4.25. The number of nitrogens with zero attached hydrogens (tertiary/aromatic N) is 1. The summed E-state index contributed by atoms with van der Waals surface area (Å²) in [5.41, 5.74) is -0.173. The maximum atomic E-state index is 12.8. The highest BCUT2D eigenvalue weighted by Crippen LogP contribution is 2.41. The molecule has 1 saturated carbocycles. The third-order valence-electron chi connectivity index (χ3n) is 5.62. The molecule has 3 rings (SSSR count). The second kappa shape index (κ2) is 7.49. The third-order valence-corrected chi connectivity index (χ3v) is 5.62. The molecule has 1 aliphatic carbocycles. The Labute approximate surface area is 139 Å². The van der Waals surface area contributed by atoms with Gasteiger partial charge in [-0.15, -0.1) is 0 Å². The van der Waals surface area contributed by atoms with E-state index in [4.69, 9.17) is 14.2 Å². The zero-order valence-corrected chi connectivity index (χ0v) is 14.6. The molecule has 3 aliphatic rings. The van der Waals surface area contributed by atoms with Crippen LogP contribution in [-0.4, -0.2) is 62.0 Å². The molecule has 2 atom stereocenters. The van der Waals surface area contributed by atoms with Gasteiger partial charge in [0.05, 0.1) is 31.5 Å². The minimum atomic E-state index is -0.173. The van der Waals surface area contributed by atoms with E-state index in [2.05, 4.69) is 18.7 Å². The van der Waals surface area contributed by atoms with Gasteiger partial charge >= 0.3 is 0 Å². The lowest BCUT2D eigenvalue weighted by molar-refractivity contribution is -0.168. The second-order valence-electron chi connectivity index (χ2n) is 7.53. The first-order valence-corrected chi connectivity index (χ1v) is 9.23. The molecule has 0 aromatic rings. The quantitative estimate of drug-likeness (QED) is 0.795. The zero-order valence-electron chi connectivity index (χ0n) is 14.6. The van der Waals surface area contributed by atoms with E-state index in [1.54, 1.807) is 0 Å². The van der Waals surface area contributed by atoms with Crippen molar-refractivity contribution >= 4 is 5.91 Å². The van der Waals surface area contributed by atoms with E-state index >= 15 is 0 Å². The third kappa shape index (κ3) is 3.89. The van der Waals surface area contributed by atoms with Crippen LogP contribution in [0.1, 0.15) is 46.0 Å². The van der Waals surface area contributed by atoms with E-state index < -0.39 is 0 Å². The van der Waals surface area contributed by atoms with Crippen molar-refractivity contribution in [2.45, 2.75) is 57.7 Å². The molecule has 5 heteroatoms. The Morgan fingerprint density at radius 3 is 2.78 bits per heavy atom. The highest BCUT2D eigenvalue weighted by molar-refractivity contribution is 5.79. The van der Waals surface area contributed by atoms with Gasteiger partial charge < -0.3 is 19.1 Å². The SMILES string of the molecule is CC(C)OC[C@@H]1CCC[C@@]12CN(C(=O)C1CCOCC1)CCO2. The summed E-state index contributed by atoms with van der Waals surface area (Å²) in [6, 6.07) is 0. The van der Waals surface area contributed by atoms with Crippen LogP contribution in [0, 0.1) is 11.8 Å². The van der Waals surface area contributed by atoms with Gasteiger partial charge in [-0.25, -0.2) is 0 Å².